The molecule has 0 aromatic carbocycles. The van der Waals surface area contributed by atoms with Gasteiger partial charge in [0.05, 0.1) is 6.04 Å². The van der Waals surface area contributed by atoms with Crippen LogP contribution in [-0.4, -0.2) is 6.04 Å². The van der Waals surface area contributed by atoms with E-state index in [1.807, 2.05) is 0 Å². The quantitative estimate of drug-likeness (QED) is 0.447. The molecule has 0 spiro atoms. The molecule has 44 valence electrons. The number of hydrogen-bond donors (Lipinski definition) is 0. The van der Waals surface area contributed by atoms with E-state index in [9.17, 15) is 0 Å². The van der Waals surface area contributed by atoms with Gasteiger partial charge in [-0.3, -0.25) is 0 Å². The first-order valence-electron chi connectivity index (χ1n) is 3.51. The molecule has 0 amide bonds. The van der Waals surface area contributed by atoms with E-state index in [2.05, 4.69) is 5.32 Å². The standard InChI is InChI=1S/C7H11N/c1-2-6-4-5-7(3-1)8-6/h6H,1-5H2. The Kier molecular flexibility index (Phi) is 1.04. The largest absolute Gasteiger partial charge is 0.230 e. The van der Waals surface area contributed by atoms with Gasteiger partial charge in [0.25, 0.3) is 0 Å². The van der Waals surface area contributed by atoms with Crippen molar-refractivity contribution in [3.63, 3.8) is 0 Å². The molecule has 0 aromatic heterocycles. The van der Waals surface area contributed by atoms with E-state index in [1.165, 1.54) is 38.1 Å². The Morgan fingerprint density at radius 3 is 3.00 bits per heavy atom. The van der Waals surface area contributed by atoms with Gasteiger partial charge in [-0.1, -0.05) is 0 Å². The molecule has 8 heavy (non-hydrogen) atoms. The third-order valence-corrected chi connectivity index (χ3v) is 2.13. The zero-order chi connectivity index (χ0) is 5.40. The fourth-order valence-corrected chi connectivity index (χ4v) is 1.66. The Morgan fingerprint density at radius 1 is 1.25 bits per heavy atom. The fourth-order valence-electron chi connectivity index (χ4n) is 1.66. The monoisotopic (exact) mass is 109 g/mol. The second kappa shape index (κ2) is 1.73. The van der Waals surface area contributed by atoms with Crippen LogP contribution < -0.4 is 5.32 Å². The van der Waals surface area contributed by atoms with Gasteiger partial charge in [0.2, 0.25) is 0 Å². The highest BCUT2D eigenvalue weighted by Gasteiger charge is 2.29. The van der Waals surface area contributed by atoms with Crippen molar-refractivity contribution in [3.8, 4) is 0 Å². The van der Waals surface area contributed by atoms with Gasteiger partial charge in [-0.25, -0.2) is 5.32 Å². The number of rotatable bonds is 0. The van der Waals surface area contributed by atoms with Crippen LogP contribution in [0.4, 0.5) is 0 Å². The molecule has 2 saturated heterocycles. The average Bonchev–Trinajstić information content (AvgIpc) is 2.12. The van der Waals surface area contributed by atoms with Gasteiger partial charge in [-0.15, -0.1) is 0 Å². The molecule has 1 unspecified atom stereocenters. The minimum Gasteiger partial charge on any atom is -0.230 e. The Morgan fingerprint density at radius 2 is 2.25 bits per heavy atom. The topological polar surface area (TPSA) is 14.1 Å². The molecular formula is C7H11N. The molecule has 0 aromatic rings. The summed E-state index contributed by atoms with van der Waals surface area (Å²) in [6.45, 7) is 0. The van der Waals surface area contributed by atoms with Gasteiger partial charge < -0.3 is 0 Å². The van der Waals surface area contributed by atoms with E-state index >= 15 is 0 Å². The minimum atomic E-state index is 0.749. The normalized spacial score (nSPS) is 38.2. The maximum absolute atomic E-state index is 4.51. The summed E-state index contributed by atoms with van der Waals surface area (Å²) < 4.78 is 0. The van der Waals surface area contributed by atoms with Crippen LogP contribution in [0.15, 0.2) is 0 Å². The maximum atomic E-state index is 4.51. The van der Waals surface area contributed by atoms with Crippen molar-refractivity contribution in [2.75, 3.05) is 0 Å². The van der Waals surface area contributed by atoms with Crippen LogP contribution >= 0.6 is 0 Å². The smallest absolute Gasteiger partial charge is 0.0557 e. The van der Waals surface area contributed by atoms with Crippen LogP contribution in [0.1, 0.15) is 32.1 Å². The Balaban J connectivity index is 2.03. The predicted molar refractivity (Wildman–Crippen MR) is 32.2 cm³/mol. The van der Waals surface area contributed by atoms with Crippen LogP contribution in [0.25, 0.3) is 0 Å². The molecule has 0 N–H and O–H groups in total. The lowest BCUT2D eigenvalue weighted by Gasteiger charge is -2.16. The molecular weight excluding hydrogens is 98.1 g/mol. The molecule has 2 heterocycles. The van der Waals surface area contributed by atoms with Crippen LogP contribution in [0.2, 0.25) is 0 Å². The van der Waals surface area contributed by atoms with E-state index in [4.69, 9.17) is 0 Å². The highest BCUT2D eigenvalue weighted by Crippen LogP contribution is 2.32. The van der Waals surface area contributed by atoms with E-state index in [0.29, 0.717) is 0 Å². The first kappa shape index (κ1) is 4.80. The maximum Gasteiger partial charge on any atom is 0.0557 e. The molecule has 1 nitrogen and oxygen atoms in total. The average molecular weight is 109 g/mol. The SMILES string of the molecule is C1C[C]2CCC(C1)[N]2. The molecule has 2 radical (unpaired) electrons. The van der Waals surface area contributed by atoms with Gasteiger partial charge in [0.15, 0.2) is 0 Å². The molecule has 0 aliphatic carbocycles. The highest BCUT2D eigenvalue weighted by atomic mass is 15.0. The van der Waals surface area contributed by atoms with Crippen molar-refractivity contribution in [1.82, 2.24) is 5.32 Å². The molecule has 1 heteroatoms. The summed E-state index contributed by atoms with van der Waals surface area (Å²) in [5.41, 5.74) is 0. The molecule has 2 bridgehead atoms. The first-order valence-corrected chi connectivity index (χ1v) is 3.51. The Bertz CT molecular complexity index is 76.4. The number of hydrogen-bond acceptors (Lipinski definition) is 0. The number of fused-ring (bicyclic) bond motifs is 2. The van der Waals surface area contributed by atoms with Crippen LogP contribution in [0, 0.1) is 6.04 Å². The summed E-state index contributed by atoms with van der Waals surface area (Å²) in [6, 6.07) is 2.25. The van der Waals surface area contributed by atoms with Crippen LogP contribution in [-0.2, 0) is 0 Å². The highest BCUT2D eigenvalue weighted by molar-refractivity contribution is 5.00. The molecule has 1 atom stereocenters. The van der Waals surface area contributed by atoms with Gasteiger partial charge in [0.1, 0.15) is 0 Å². The lowest BCUT2D eigenvalue weighted by atomic mass is 10.1. The summed E-state index contributed by atoms with van der Waals surface area (Å²) in [5, 5.41) is 4.51. The Labute approximate surface area is 50.5 Å². The second-order valence-electron chi connectivity index (χ2n) is 2.78. The molecule has 2 rings (SSSR count). The first-order chi connectivity index (χ1) is 3.95. The summed E-state index contributed by atoms with van der Waals surface area (Å²) >= 11 is 0. The summed E-state index contributed by atoms with van der Waals surface area (Å²) in [6.07, 6.45) is 6.74. The summed E-state index contributed by atoms with van der Waals surface area (Å²) in [7, 11) is 0. The van der Waals surface area contributed by atoms with E-state index in [-0.39, 0.29) is 0 Å². The van der Waals surface area contributed by atoms with Crippen molar-refractivity contribution in [2.24, 2.45) is 0 Å². The van der Waals surface area contributed by atoms with Crippen molar-refractivity contribution < 1.29 is 0 Å². The molecule has 2 aliphatic rings. The molecule has 2 aliphatic heterocycles. The number of nitrogens with zero attached hydrogens (tertiary/aromatic N) is 1. The zero-order valence-corrected chi connectivity index (χ0v) is 5.06. The summed E-state index contributed by atoms with van der Waals surface area (Å²) in [5.74, 6) is 0. The van der Waals surface area contributed by atoms with E-state index in [0.717, 1.165) is 6.04 Å². The zero-order valence-electron chi connectivity index (χ0n) is 5.06. The van der Waals surface area contributed by atoms with Gasteiger partial charge in [0, 0.05) is 6.04 Å². The van der Waals surface area contributed by atoms with Crippen LogP contribution in [0.3, 0.4) is 0 Å². The van der Waals surface area contributed by atoms with Gasteiger partial charge >= 0.3 is 0 Å². The number of piperidine rings is 1. The van der Waals surface area contributed by atoms with Crippen LogP contribution in [0.5, 0.6) is 0 Å². The predicted octanol–water partition coefficient (Wildman–Crippen LogP) is 1.47. The lowest BCUT2D eigenvalue weighted by Crippen LogP contribution is -2.21. The van der Waals surface area contributed by atoms with Crippen molar-refractivity contribution in [3.05, 3.63) is 6.04 Å². The third kappa shape index (κ3) is 0.655. The fraction of sp³-hybridized carbons (Fsp3) is 0.857. The minimum absolute atomic E-state index is 0.749. The van der Waals surface area contributed by atoms with Crippen molar-refractivity contribution >= 4 is 0 Å². The van der Waals surface area contributed by atoms with Gasteiger partial charge in [-0.2, -0.15) is 0 Å². The Hall–Kier alpha value is -0.0400. The molecule has 2 fully saturated rings. The van der Waals surface area contributed by atoms with Crippen molar-refractivity contribution in [2.45, 2.75) is 38.1 Å². The second-order valence-corrected chi connectivity index (χ2v) is 2.78. The van der Waals surface area contributed by atoms with Gasteiger partial charge in [-0.05, 0) is 32.1 Å². The lowest BCUT2D eigenvalue weighted by molar-refractivity contribution is 0.462. The summed E-state index contributed by atoms with van der Waals surface area (Å²) in [4.78, 5) is 0. The van der Waals surface area contributed by atoms with E-state index < -0.39 is 0 Å². The van der Waals surface area contributed by atoms with Crippen molar-refractivity contribution in [1.29, 1.82) is 0 Å². The molecule has 0 saturated carbocycles. The third-order valence-electron chi connectivity index (χ3n) is 2.13. The van der Waals surface area contributed by atoms with E-state index in [1.54, 1.807) is 0 Å².